The lowest BCUT2D eigenvalue weighted by Gasteiger charge is -2.04. The van der Waals surface area contributed by atoms with Crippen LogP contribution in [0.1, 0.15) is 5.56 Å². The second-order valence-corrected chi connectivity index (χ2v) is 4.76. The van der Waals surface area contributed by atoms with E-state index >= 15 is 0 Å². The molecule has 1 heterocycles. The van der Waals surface area contributed by atoms with E-state index in [9.17, 15) is 0 Å². The molecule has 3 rings (SSSR count). The minimum Gasteiger partial charge on any atom is -0.436 e. The van der Waals surface area contributed by atoms with Gasteiger partial charge in [0.05, 0.1) is 0 Å². The highest BCUT2D eigenvalue weighted by Gasteiger charge is 2.11. The predicted octanol–water partition coefficient (Wildman–Crippen LogP) is 3.65. The van der Waals surface area contributed by atoms with E-state index in [2.05, 4.69) is 4.98 Å². The van der Waals surface area contributed by atoms with Gasteiger partial charge in [0.2, 0.25) is 5.89 Å². The molecule has 19 heavy (non-hydrogen) atoms. The number of hydrogen-bond acceptors (Lipinski definition) is 3. The summed E-state index contributed by atoms with van der Waals surface area (Å²) in [4.78, 5) is 4.49. The fourth-order valence-corrected chi connectivity index (χ4v) is 2.28. The molecule has 0 radical (unpaired) electrons. The van der Waals surface area contributed by atoms with Crippen LogP contribution < -0.4 is 5.73 Å². The molecule has 0 aliphatic carbocycles. The van der Waals surface area contributed by atoms with Crippen molar-refractivity contribution in [1.29, 1.82) is 0 Å². The summed E-state index contributed by atoms with van der Waals surface area (Å²) < 4.78 is 5.79. The van der Waals surface area contributed by atoms with Crippen LogP contribution in [0.5, 0.6) is 0 Å². The molecule has 0 spiro atoms. The van der Waals surface area contributed by atoms with E-state index < -0.39 is 0 Å². The van der Waals surface area contributed by atoms with E-state index in [1.807, 2.05) is 30.3 Å². The Bertz CT molecular complexity index is 721. The summed E-state index contributed by atoms with van der Waals surface area (Å²) in [7, 11) is 0. The first-order valence-electron chi connectivity index (χ1n) is 6.12. The van der Waals surface area contributed by atoms with Crippen LogP contribution in [0, 0.1) is 0 Å². The van der Waals surface area contributed by atoms with E-state index in [4.69, 9.17) is 21.8 Å². The molecule has 0 fully saturated rings. The number of halogens is 1. The summed E-state index contributed by atoms with van der Waals surface area (Å²) in [6, 6.07) is 13.4. The fraction of sp³-hybridized carbons (Fsp3) is 0.133. The average molecular weight is 273 g/mol. The van der Waals surface area contributed by atoms with E-state index in [0.29, 0.717) is 17.5 Å². The molecule has 1 aromatic heterocycles. The van der Waals surface area contributed by atoms with Gasteiger partial charge in [-0.2, -0.15) is 0 Å². The molecule has 3 nitrogen and oxygen atoms in total. The third kappa shape index (κ3) is 2.35. The molecule has 0 aliphatic heterocycles. The molecule has 0 unspecified atom stereocenters. The molecule has 0 bridgehead atoms. The van der Waals surface area contributed by atoms with Crippen molar-refractivity contribution in [3.05, 3.63) is 53.1 Å². The first-order valence-corrected chi connectivity index (χ1v) is 6.50. The molecular formula is C15H13ClN2O. The zero-order valence-corrected chi connectivity index (χ0v) is 11.0. The van der Waals surface area contributed by atoms with Gasteiger partial charge >= 0.3 is 0 Å². The van der Waals surface area contributed by atoms with Gasteiger partial charge in [0.25, 0.3) is 0 Å². The Morgan fingerprint density at radius 3 is 2.84 bits per heavy atom. The van der Waals surface area contributed by atoms with Crippen molar-refractivity contribution < 1.29 is 4.42 Å². The summed E-state index contributed by atoms with van der Waals surface area (Å²) >= 11 is 5.96. The van der Waals surface area contributed by atoms with Crippen LogP contribution >= 0.6 is 11.6 Å². The van der Waals surface area contributed by atoms with Crippen molar-refractivity contribution in [2.45, 2.75) is 6.42 Å². The van der Waals surface area contributed by atoms with Gasteiger partial charge in [0.15, 0.2) is 5.58 Å². The lowest BCUT2D eigenvalue weighted by atomic mass is 10.0. The van der Waals surface area contributed by atoms with Crippen LogP contribution in [0.3, 0.4) is 0 Å². The minimum absolute atomic E-state index is 0.600. The SMILES string of the molecule is NCCc1ccccc1-c1nc2cc(Cl)ccc2o1. The number of rotatable bonds is 3. The van der Waals surface area contributed by atoms with Crippen LogP contribution in [0.25, 0.3) is 22.6 Å². The lowest BCUT2D eigenvalue weighted by Crippen LogP contribution is -2.03. The van der Waals surface area contributed by atoms with Gasteiger partial charge in [-0.15, -0.1) is 0 Å². The number of aromatic nitrogens is 1. The largest absolute Gasteiger partial charge is 0.436 e. The first kappa shape index (κ1) is 12.2. The van der Waals surface area contributed by atoms with Gasteiger partial charge in [0.1, 0.15) is 5.52 Å². The number of benzene rings is 2. The fourth-order valence-electron chi connectivity index (χ4n) is 2.12. The quantitative estimate of drug-likeness (QED) is 0.792. The van der Waals surface area contributed by atoms with E-state index in [-0.39, 0.29) is 0 Å². The Labute approximate surface area is 116 Å². The maximum atomic E-state index is 5.96. The maximum Gasteiger partial charge on any atom is 0.227 e. The Kier molecular flexibility index (Phi) is 3.23. The molecule has 2 aromatic carbocycles. The van der Waals surface area contributed by atoms with Gasteiger partial charge in [-0.05, 0) is 42.8 Å². The van der Waals surface area contributed by atoms with Crippen molar-refractivity contribution in [3.63, 3.8) is 0 Å². The molecular weight excluding hydrogens is 260 g/mol. The van der Waals surface area contributed by atoms with Crippen LogP contribution in [0.15, 0.2) is 46.9 Å². The van der Waals surface area contributed by atoms with Crippen molar-refractivity contribution in [2.24, 2.45) is 5.73 Å². The van der Waals surface area contributed by atoms with E-state index in [1.54, 1.807) is 12.1 Å². The number of hydrogen-bond donors (Lipinski definition) is 1. The number of oxazole rings is 1. The number of nitrogens with two attached hydrogens (primary N) is 1. The van der Waals surface area contributed by atoms with Crippen LogP contribution in [0.2, 0.25) is 5.02 Å². The minimum atomic E-state index is 0.600. The zero-order chi connectivity index (χ0) is 13.2. The van der Waals surface area contributed by atoms with E-state index in [1.165, 1.54) is 0 Å². The molecule has 96 valence electrons. The Hall–Kier alpha value is -1.84. The normalized spacial score (nSPS) is 11.1. The van der Waals surface area contributed by atoms with Gasteiger partial charge in [0, 0.05) is 10.6 Å². The molecule has 0 amide bonds. The maximum absolute atomic E-state index is 5.96. The second kappa shape index (κ2) is 5.03. The monoisotopic (exact) mass is 272 g/mol. The van der Waals surface area contributed by atoms with Gasteiger partial charge in [-0.1, -0.05) is 29.8 Å². The van der Waals surface area contributed by atoms with Gasteiger partial charge < -0.3 is 10.2 Å². The highest BCUT2D eigenvalue weighted by molar-refractivity contribution is 6.31. The molecule has 3 aromatic rings. The Balaban J connectivity index is 2.13. The summed E-state index contributed by atoms with van der Waals surface area (Å²) in [5.74, 6) is 0.612. The molecule has 4 heteroatoms. The van der Waals surface area contributed by atoms with Crippen molar-refractivity contribution >= 4 is 22.7 Å². The first-order chi connectivity index (χ1) is 9.28. The number of nitrogens with zero attached hydrogens (tertiary/aromatic N) is 1. The second-order valence-electron chi connectivity index (χ2n) is 4.33. The topological polar surface area (TPSA) is 52.0 Å². The molecule has 0 aliphatic rings. The van der Waals surface area contributed by atoms with Crippen LogP contribution in [-0.4, -0.2) is 11.5 Å². The van der Waals surface area contributed by atoms with Crippen LogP contribution in [0.4, 0.5) is 0 Å². The summed E-state index contributed by atoms with van der Waals surface area (Å²) in [5.41, 5.74) is 9.27. The predicted molar refractivity (Wildman–Crippen MR) is 77.2 cm³/mol. The summed E-state index contributed by atoms with van der Waals surface area (Å²) in [6.07, 6.45) is 0.801. The highest BCUT2D eigenvalue weighted by atomic mass is 35.5. The van der Waals surface area contributed by atoms with Crippen molar-refractivity contribution in [1.82, 2.24) is 4.98 Å². The van der Waals surface area contributed by atoms with Crippen molar-refractivity contribution in [2.75, 3.05) is 6.54 Å². The van der Waals surface area contributed by atoms with Gasteiger partial charge in [-0.3, -0.25) is 0 Å². The van der Waals surface area contributed by atoms with Crippen molar-refractivity contribution in [3.8, 4) is 11.5 Å². The Morgan fingerprint density at radius 1 is 1.16 bits per heavy atom. The standard InChI is InChI=1S/C15H13ClN2O/c16-11-5-6-14-13(9-11)18-15(19-14)12-4-2-1-3-10(12)7-8-17/h1-6,9H,7-8,17H2. The smallest absolute Gasteiger partial charge is 0.227 e. The number of fused-ring (bicyclic) bond motifs is 1. The summed E-state index contributed by atoms with van der Waals surface area (Å²) in [6.45, 7) is 0.600. The molecule has 0 saturated carbocycles. The molecule has 0 saturated heterocycles. The highest BCUT2D eigenvalue weighted by Crippen LogP contribution is 2.28. The van der Waals surface area contributed by atoms with E-state index in [0.717, 1.165) is 28.6 Å². The van der Waals surface area contributed by atoms with Crippen LogP contribution in [-0.2, 0) is 6.42 Å². The average Bonchev–Trinajstić information content (AvgIpc) is 2.82. The molecule has 2 N–H and O–H groups in total. The Morgan fingerprint density at radius 2 is 2.00 bits per heavy atom. The summed E-state index contributed by atoms with van der Waals surface area (Å²) in [5, 5.41) is 0.655. The third-order valence-corrected chi connectivity index (χ3v) is 3.25. The third-order valence-electron chi connectivity index (χ3n) is 3.01. The zero-order valence-electron chi connectivity index (χ0n) is 10.3. The molecule has 0 atom stereocenters. The van der Waals surface area contributed by atoms with Gasteiger partial charge in [-0.25, -0.2) is 4.98 Å². The lowest BCUT2D eigenvalue weighted by molar-refractivity contribution is 0.618.